The average molecular weight is 428 g/mol. The van der Waals surface area contributed by atoms with Crippen LogP contribution in [0.25, 0.3) is 0 Å². The van der Waals surface area contributed by atoms with E-state index < -0.39 is 30.7 Å². The van der Waals surface area contributed by atoms with Crippen LogP contribution in [0.4, 0.5) is 11.4 Å². The molecule has 152 valence electrons. The van der Waals surface area contributed by atoms with Gasteiger partial charge in [-0.05, 0) is 29.8 Å². The second kappa shape index (κ2) is 8.67. The van der Waals surface area contributed by atoms with Crippen molar-refractivity contribution >= 4 is 31.4 Å². The van der Waals surface area contributed by atoms with Gasteiger partial charge >= 0.3 is 0 Å². The highest BCUT2D eigenvalue weighted by molar-refractivity contribution is 7.92. The van der Waals surface area contributed by atoms with Crippen molar-refractivity contribution in [2.45, 2.75) is 24.5 Å². The van der Waals surface area contributed by atoms with E-state index in [-0.39, 0.29) is 21.8 Å². The van der Waals surface area contributed by atoms with E-state index in [4.69, 9.17) is 0 Å². The third-order valence-electron chi connectivity index (χ3n) is 3.95. The molecule has 0 aliphatic heterocycles. The van der Waals surface area contributed by atoms with Crippen molar-refractivity contribution in [3.05, 3.63) is 64.2 Å². The predicted octanol–water partition coefficient (Wildman–Crippen LogP) is 2.57. The van der Waals surface area contributed by atoms with Crippen LogP contribution in [-0.4, -0.2) is 39.2 Å². The van der Waals surface area contributed by atoms with Gasteiger partial charge in [-0.1, -0.05) is 26.0 Å². The number of hydrogen-bond donors (Lipinski definition) is 1. The van der Waals surface area contributed by atoms with Crippen LogP contribution in [0.15, 0.2) is 53.4 Å². The molecule has 0 heterocycles. The van der Waals surface area contributed by atoms with E-state index >= 15 is 0 Å². The van der Waals surface area contributed by atoms with Crippen LogP contribution in [0.3, 0.4) is 0 Å². The highest BCUT2D eigenvalue weighted by atomic mass is 32.2. The molecule has 2 rings (SSSR count). The number of hydrogen-bond acceptors (Lipinski definition) is 6. The molecule has 2 aromatic rings. The molecule has 28 heavy (non-hydrogen) atoms. The number of nitrogens with one attached hydrogen (secondary N) is 1. The van der Waals surface area contributed by atoms with Gasteiger partial charge in [0.25, 0.3) is 5.69 Å². The van der Waals surface area contributed by atoms with Gasteiger partial charge in [-0.2, -0.15) is 4.31 Å². The van der Waals surface area contributed by atoms with Gasteiger partial charge in [-0.3, -0.25) is 14.8 Å². The second-order valence-electron chi connectivity index (χ2n) is 5.90. The first-order chi connectivity index (χ1) is 13.1. The Morgan fingerprint density at radius 3 is 2.14 bits per heavy atom. The fraction of sp³-hybridized carbons (Fsp3) is 0.294. The van der Waals surface area contributed by atoms with Gasteiger partial charge in [-0.25, -0.2) is 16.8 Å². The van der Waals surface area contributed by atoms with Crippen LogP contribution in [0, 0.1) is 10.1 Å². The summed E-state index contributed by atoms with van der Waals surface area (Å²) in [5.74, 6) is -0.450. The minimum Gasteiger partial charge on any atom is -0.283 e. The lowest BCUT2D eigenvalue weighted by atomic mass is 10.2. The van der Waals surface area contributed by atoms with Gasteiger partial charge in [-0.15, -0.1) is 0 Å². The largest absolute Gasteiger partial charge is 0.283 e. The third kappa shape index (κ3) is 5.27. The Morgan fingerprint density at radius 1 is 1.00 bits per heavy atom. The first kappa shape index (κ1) is 21.8. The molecule has 0 atom stereocenters. The molecule has 9 nitrogen and oxygen atoms in total. The van der Waals surface area contributed by atoms with Gasteiger partial charge in [0, 0.05) is 30.9 Å². The Kier molecular flexibility index (Phi) is 6.75. The number of nitro groups is 1. The third-order valence-corrected chi connectivity index (χ3v) is 7.27. The molecule has 0 bridgehead atoms. The van der Waals surface area contributed by atoms with E-state index in [0.29, 0.717) is 13.1 Å². The van der Waals surface area contributed by atoms with E-state index in [1.807, 2.05) is 0 Å². The molecule has 0 radical (unpaired) electrons. The minimum absolute atomic E-state index is 0.0674. The van der Waals surface area contributed by atoms with Crippen LogP contribution in [0.1, 0.15) is 19.4 Å². The topological polar surface area (TPSA) is 127 Å². The molecule has 0 amide bonds. The normalized spacial score (nSPS) is 12.1. The van der Waals surface area contributed by atoms with Crippen molar-refractivity contribution in [1.82, 2.24) is 4.31 Å². The van der Waals surface area contributed by atoms with Gasteiger partial charge in [0.1, 0.15) is 0 Å². The minimum atomic E-state index is -3.84. The Hall–Kier alpha value is -2.50. The van der Waals surface area contributed by atoms with Crippen molar-refractivity contribution in [1.29, 1.82) is 0 Å². The highest BCUT2D eigenvalue weighted by Crippen LogP contribution is 2.20. The molecule has 1 N–H and O–H groups in total. The number of sulfonamides is 2. The molecule has 0 saturated heterocycles. The van der Waals surface area contributed by atoms with Crippen molar-refractivity contribution < 1.29 is 21.8 Å². The molecule has 11 heteroatoms. The average Bonchev–Trinajstić information content (AvgIpc) is 2.62. The van der Waals surface area contributed by atoms with E-state index in [1.165, 1.54) is 52.8 Å². The van der Waals surface area contributed by atoms with Gasteiger partial charge < -0.3 is 0 Å². The summed E-state index contributed by atoms with van der Waals surface area (Å²) in [5.41, 5.74) is 0.269. The summed E-state index contributed by atoms with van der Waals surface area (Å²) in [6.45, 7) is 4.13. The van der Waals surface area contributed by atoms with E-state index in [0.717, 1.165) is 0 Å². The fourth-order valence-corrected chi connectivity index (χ4v) is 5.25. The van der Waals surface area contributed by atoms with Crippen LogP contribution in [0.5, 0.6) is 0 Å². The van der Waals surface area contributed by atoms with Crippen molar-refractivity contribution in [2.75, 3.05) is 17.8 Å². The number of nitrogens with zero attached hydrogens (tertiary/aromatic N) is 2. The second-order valence-corrected chi connectivity index (χ2v) is 9.56. The maximum Gasteiger partial charge on any atom is 0.269 e. The number of non-ortho nitro benzene ring substituents is 1. The molecule has 0 aliphatic rings. The summed E-state index contributed by atoms with van der Waals surface area (Å²) in [6, 6.07) is 10.7. The van der Waals surface area contributed by atoms with E-state index in [2.05, 4.69) is 4.72 Å². The highest BCUT2D eigenvalue weighted by Gasteiger charge is 2.21. The van der Waals surface area contributed by atoms with Crippen molar-refractivity contribution in [2.24, 2.45) is 0 Å². The van der Waals surface area contributed by atoms with Crippen molar-refractivity contribution in [3.8, 4) is 0 Å². The Balaban J connectivity index is 2.17. The molecule has 0 saturated carbocycles. The molecule has 0 aromatic heterocycles. The summed E-state index contributed by atoms with van der Waals surface area (Å²) >= 11 is 0. The summed E-state index contributed by atoms with van der Waals surface area (Å²) in [4.78, 5) is 10.3. The van der Waals surface area contributed by atoms with E-state index in [1.54, 1.807) is 13.8 Å². The van der Waals surface area contributed by atoms with Gasteiger partial charge in [0.05, 0.1) is 15.6 Å². The van der Waals surface area contributed by atoms with Crippen molar-refractivity contribution in [3.63, 3.8) is 0 Å². The first-order valence-electron chi connectivity index (χ1n) is 8.43. The first-order valence-corrected chi connectivity index (χ1v) is 11.5. The maximum atomic E-state index is 12.5. The predicted molar refractivity (Wildman–Crippen MR) is 106 cm³/mol. The van der Waals surface area contributed by atoms with Gasteiger partial charge in [0.15, 0.2) is 0 Å². The lowest BCUT2D eigenvalue weighted by Crippen LogP contribution is -2.30. The maximum absolute atomic E-state index is 12.5. The molecular weight excluding hydrogens is 406 g/mol. The Bertz CT molecular complexity index is 1050. The SMILES string of the molecule is CCN(CC)S(=O)(=O)c1ccc(NS(=O)(=O)Cc2cccc([N+](=O)[O-])c2)cc1. The molecule has 0 aliphatic carbocycles. The molecule has 0 spiro atoms. The van der Waals surface area contributed by atoms with Crippen LogP contribution in [0.2, 0.25) is 0 Å². The lowest BCUT2D eigenvalue weighted by molar-refractivity contribution is -0.384. The number of anilines is 1. The summed E-state index contributed by atoms with van der Waals surface area (Å²) in [5, 5.41) is 10.8. The zero-order chi connectivity index (χ0) is 20.9. The molecule has 0 fully saturated rings. The standard InChI is InChI=1S/C17H21N3O6S2/c1-3-19(4-2)28(25,26)17-10-8-15(9-11-17)18-27(23,24)13-14-6-5-7-16(12-14)20(21)22/h5-12,18H,3-4,13H2,1-2H3. The zero-order valence-electron chi connectivity index (χ0n) is 15.4. The monoisotopic (exact) mass is 427 g/mol. The zero-order valence-corrected chi connectivity index (χ0v) is 17.0. The van der Waals surface area contributed by atoms with Crippen LogP contribution >= 0.6 is 0 Å². The van der Waals surface area contributed by atoms with Crippen LogP contribution in [-0.2, 0) is 25.8 Å². The van der Waals surface area contributed by atoms with Gasteiger partial charge in [0.2, 0.25) is 20.0 Å². The number of benzene rings is 2. The van der Waals surface area contributed by atoms with Crippen LogP contribution < -0.4 is 4.72 Å². The Morgan fingerprint density at radius 2 is 1.61 bits per heavy atom. The van der Waals surface area contributed by atoms with E-state index in [9.17, 15) is 26.9 Å². The lowest BCUT2D eigenvalue weighted by Gasteiger charge is -2.18. The Labute approximate surface area is 164 Å². The fourth-order valence-electron chi connectivity index (χ4n) is 2.60. The molecular formula is C17H21N3O6S2. The molecule has 2 aromatic carbocycles. The quantitative estimate of drug-likeness (QED) is 0.484. The smallest absolute Gasteiger partial charge is 0.269 e. The number of nitro benzene ring substituents is 1. The summed E-state index contributed by atoms with van der Waals surface area (Å²) in [6.07, 6.45) is 0. The molecule has 0 unspecified atom stereocenters. The number of rotatable bonds is 9. The summed E-state index contributed by atoms with van der Waals surface area (Å²) in [7, 11) is -7.47. The summed E-state index contributed by atoms with van der Waals surface area (Å²) < 4.78 is 53.2.